The molecule has 2 atom stereocenters. The molecule has 3 heterocycles. The van der Waals surface area contributed by atoms with E-state index < -0.39 is 12.3 Å². The summed E-state index contributed by atoms with van der Waals surface area (Å²) in [5.41, 5.74) is 2.68. The lowest BCUT2D eigenvalue weighted by molar-refractivity contribution is -0.123. The Bertz CT molecular complexity index is 1440. The number of halogens is 1. The number of rotatable bonds is 11. The van der Waals surface area contributed by atoms with E-state index in [-0.39, 0.29) is 12.5 Å². The first-order chi connectivity index (χ1) is 18.9. The predicted molar refractivity (Wildman–Crippen MR) is 148 cm³/mol. The number of hydrogen-bond donors (Lipinski definition) is 2. The zero-order valence-corrected chi connectivity index (χ0v) is 22.9. The number of anilines is 1. The van der Waals surface area contributed by atoms with Crippen LogP contribution in [-0.4, -0.2) is 63.6 Å². The number of unbranched alkanes of at least 4 members (excludes halogenated alkanes) is 1. The molecule has 10 nitrogen and oxygen atoms in total. The summed E-state index contributed by atoms with van der Waals surface area (Å²) in [6.45, 7) is 2.40. The highest BCUT2D eigenvalue weighted by atomic mass is 35.5. The number of nitrogens with one attached hydrogen (secondary N) is 1. The maximum Gasteiger partial charge on any atom is 0.247 e. The van der Waals surface area contributed by atoms with Crippen molar-refractivity contribution in [1.82, 2.24) is 19.5 Å². The number of ether oxygens (including phenoxy) is 2. The van der Waals surface area contributed by atoms with Crippen LogP contribution in [-0.2, 0) is 20.7 Å². The molecule has 204 valence electrons. The number of carbonyl (C=O) groups is 1. The molecule has 0 fully saturated rings. The van der Waals surface area contributed by atoms with E-state index in [9.17, 15) is 15.2 Å². The molecule has 2 N–H and O–H groups in total. The van der Waals surface area contributed by atoms with Crippen molar-refractivity contribution in [1.29, 1.82) is 5.26 Å². The third kappa shape index (κ3) is 6.23. The Morgan fingerprint density at radius 2 is 2.10 bits per heavy atom. The highest BCUT2D eigenvalue weighted by Gasteiger charge is 2.32. The van der Waals surface area contributed by atoms with Crippen LogP contribution in [0, 0.1) is 11.3 Å². The van der Waals surface area contributed by atoms with Gasteiger partial charge in [0.2, 0.25) is 5.91 Å². The van der Waals surface area contributed by atoms with Gasteiger partial charge < -0.3 is 24.8 Å². The molecule has 0 bridgehead atoms. The molecule has 0 radical (unpaired) electrons. The number of benzene rings is 1. The lowest BCUT2D eigenvalue weighted by Gasteiger charge is -2.36. The Kier molecular flexibility index (Phi) is 9.19. The van der Waals surface area contributed by atoms with Crippen molar-refractivity contribution in [3.05, 3.63) is 76.5 Å². The molecule has 0 aliphatic carbocycles. The van der Waals surface area contributed by atoms with Gasteiger partial charge in [-0.15, -0.1) is 10.2 Å². The number of aromatic nitrogens is 3. The van der Waals surface area contributed by atoms with Crippen LogP contribution in [0.1, 0.15) is 43.1 Å². The molecule has 4 rings (SSSR count). The lowest BCUT2D eigenvalue weighted by Crippen LogP contribution is -2.47. The number of hydrogen-bond acceptors (Lipinski definition) is 8. The molecule has 11 heteroatoms. The number of aryl methyl sites for hydroxylation is 1. The minimum atomic E-state index is -1.18. The van der Waals surface area contributed by atoms with E-state index in [0.29, 0.717) is 45.2 Å². The van der Waals surface area contributed by atoms with Gasteiger partial charge in [0.15, 0.2) is 5.65 Å². The van der Waals surface area contributed by atoms with Crippen molar-refractivity contribution in [2.75, 3.05) is 26.1 Å². The molecule has 1 aliphatic heterocycles. The molecule has 1 amide bonds. The quantitative estimate of drug-likeness (QED) is 0.365. The summed E-state index contributed by atoms with van der Waals surface area (Å²) < 4.78 is 12.8. The summed E-state index contributed by atoms with van der Waals surface area (Å²) >= 11 is 6.19. The van der Waals surface area contributed by atoms with Gasteiger partial charge in [-0.3, -0.25) is 9.20 Å². The van der Waals surface area contributed by atoms with E-state index in [4.69, 9.17) is 21.1 Å². The first-order valence-electron chi connectivity index (χ1n) is 12.7. The van der Waals surface area contributed by atoms with Crippen LogP contribution in [0.5, 0.6) is 0 Å². The van der Waals surface area contributed by atoms with Gasteiger partial charge in [0.1, 0.15) is 23.9 Å². The summed E-state index contributed by atoms with van der Waals surface area (Å²) in [5, 5.41) is 32.6. The van der Waals surface area contributed by atoms with Crippen LogP contribution in [0.2, 0.25) is 5.02 Å². The minimum absolute atomic E-state index is 0.284. The van der Waals surface area contributed by atoms with Gasteiger partial charge in [-0.25, -0.2) is 0 Å². The van der Waals surface area contributed by atoms with Crippen molar-refractivity contribution in [3.8, 4) is 6.07 Å². The zero-order chi connectivity index (χ0) is 27.9. The molecular weight excluding hydrogens is 520 g/mol. The second kappa shape index (κ2) is 12.8. The molecule has 2 unspecified atom stereocenters. The Hall–Kier alpha value is -3.91. The largest absolute Gasteiger partial charge is 0.495 e. The number of methoxy groups -OCH3 is 2. The molecule has 3 aromatic rings. The normalized spacial score (nSPS) is 15.9. The van der Waals surface area contributed by atoms with Gasteiger partial charge >= 0.3 is 0 Å². The van der Waals surface area contributed by atoms with Gasteiger partial charge in [0.25, 0.3) is 0 Å². The molecule has 39 heavy (non-hydrogen) atoms. The van der Waals surface area contributed by atoms with Crippen molar-refractivity contribution in [2.24, 2.45) is 0 Å². The number of nitriles is 1. The average molecular weight is 551 g/mol. The summed E-state index contributed by atoms with van der Waals surface area (Å²) in [5.74, 6) is 0.867. The number of amides is 1. The van der Waals surface area contributed by atoms with E-state index >= 15 is 0 Å². The van der Waals surface area contributed by atoms with Gasteiger partial charge in [-0.05, 0) is 42.8 Å². The van der Waals surface area contributed by atoms with Crippen LogP contribution in [0.4, 0.5) is 5.69 Å². The predicted octanol–water partition coefficient (Wildman–Crippen LogP) is 4.15. The van der Waals surface area contributed by atoms with Crippen molar-refractivity contribution < 1.29 is 19.4 Å². The van der Waals surface area contributed by atoms with Crippen LogP contribution in [0.25, 0.3) is 11.2 Å². The number of fused-ring (bicyclic) bond motifs is 1. The number of nitrogens with zero attached hydrogens (tertiary/aromatic N) is 5. The zero-order valence-electron chi connectivity index (χ0n) is 22.1. The maximum atomic E-state index is 13.6. The standard InChI is InChI=1S/C28H31ClN6O4/c1-4-5-6-25-32-33-26-10-9-20(16-35(25)26)31-28(37)23(11-12-38-2)34-17-24(39-3)22(14-27(34)36)21-13-19(29)8-7-18(21)15-30/h7-10,13-14,16-17,23,27,36H,4-6,11-12H2,1-3H3,(H,31,37). The second-order valence-electron chi connectivity index (χ2n) is 9.09. The Balaban J connectivity index is 1.62. The Morgan fingerprint density at radius 1 is 1.28 bits per heavy atom. The first kappa shape index (κ1) is 28.1. The number of carbonyl (C=O) groups excluding carboxylic acids is 1. The number of aliphatic hydroxyl groups excluding tert-OH is 1. The van der Waals surface area contributed by atoms with E-state index in [2.05, 4.69) is 28.5 Å². The summed E-state index contributed by atoms with van der Waals surface area (Å²) in [4.78, 5) is 15.1. The molecule has 1 aliphatic rings. The monoisotopic (exact) mass is 550 g/mol. The first-order valence-corrected chi connectivity index (χ1v) is 13.0. The van der Waals surface area contributed by atoms with Gasteiger partial charge in [0.05, 0.1) is 24.4 Å². The smallest absolute Gasteiger partial charge is 0.247 e. The Labute approximate surface area is 232 Å². The van der Waals surface area contributed by atoms with E-state index in [1.807, 2.05) is 4.40 Å². The van der Waals surface area contributed by atoms with Gasteiger partial charge in [-0.2, -0.15) is 5.26 Å². The van der Waals surface area contributed by atoms with Crippen molar-refractivity contribution in [3.63, 3.8) is 0 Å². The molecule has 0 spiro atoms. The summed E-state index contributed by atoms with van der Waals surface area (Å²) in [6.07, 6.45) is 6.84. The summed E-state index contributed by atoms with van der Waals surface area (Å²) in [6, 6.07) is 9.79. The fraction of sp³-hybridized carbons (Fsp3) is 0.357. The Morgan fingerprint density at radius 3 is 2.82 bits per heavy atom. The minimum Gasteiger partial charge on any atom is -0.495 e. The molecule has 0 saturated heterocycles. The average Bonchev–Trinajstić information content (AvgIpc) is 3.34. The van der Waals surface area contributed by atoms with Crippen LogP contribution in [0.15, 0.2) is 54.6 Å². The van der Waals surface area contributed by atoms with Crippen LogP contribution in [0.3, 0.4) is 0 Å². The van der Waals surface area contributed by atoms with E-state index in [1.54, 1.807) is 55.9 Å². The lowest BCUT2D eigenvalue weighted by atomic mass is 9.96. The van der Waals surface area contributed by atoms with Crippen LogP contribution < -0.4 is 5.32 Å². The third-order valence-electron chi connectivity index (χ3n) is 6.52. The molecule has 2 aromatic heterocycles. The fourth-order valence-electron chi connectivity index (χ4n) is 4.48. The summed E-state index contributed by atoms with van der Waals surface area (Å²) in [7, 11) is 3.04. The second-order valence-corrected chi connectivity index (χ2v) is 9.53. The van der Waals surface area contributed by atoms with Crippen LogP contribution >= 0.6 is 11.6 Å². The third-order valence-corrected chi connectivity index (χ3v) is 6.75. The van der Waals surface area contributed by atoms with Gasteiger partial charge in [-0.1, -0.05) is 24.9 Å². The fourth-order valence-corrected chi connectivity index (χ4v) is 4.66. The highest BCUT2D eigenvalue weighted by Crippen LogP contribution is 2.34. The number of pyridine rings is 1. The SMILES string of the molecule is CCCCc1nnc2ccc(NC(=O)C(CCOC)N3C=C(OC)C(c4cc(Cl)ccc4C#N)=CC3O)cn12. The highest BCUT2D eigenvalue weighted by molar-refractivity contribution is 6.30. The van der Waals surface area contributed by atoms with Gasteiger partial charge in [0, 0.05) is 55.1 Å². The topological polar surface area (TPSA) is 125 Å². The van der Waals surface area contributed by atoms with Crippen molar-refractivity contribution in [2.45, 2.75) is 44.9 Å². The molecule has 1 aromatic carbocycles. The van der Waals surface area contributed by atoms with E-state index in [0.717, 1.165) is 25.1 Å². The molecule has 0 saturated carbocycles. The van der Waals surface area contributed by atoms with E-state index in [1.165, 1.54) is 12.0 Å². The number of aliphatic hydroxyl groups is 1. The van der Waals surface area contributed by atoms with Crippen molar-refractivity contribution >= 4 is 34.4 Å². The number of allylic oxidation sites excluding steroid dienone is 1. The maximum absolute atomic E-state index is 13.6. The molecular formula is C28H31ClN6O4.